The Morgan fingerprint density at radius 2 is 2.23 bits per heavy atom. The molecule has 1 heterocycles. The monoisotopic (exact) mass is 305 g/mol. The molecule has 1 aromatic carbocycles. The quantitative estimate of drug-likeness (QED) is 0.907. The number of carboxylic acids is 1. The van der Waals surface area contributed by atoms with Gasteiger partial charge in [-0.3, -0.25) is 9.59 Å². The van der Waals surface area contributed by atoms with Gasteiger partial charge >= 0.3 is 5.97 Å². The highest BCUT2D eigenvalue weighted by molar-refractivity contribution is 5.78. The number of hydrogen-bond acceptors (Lipinski definition) is 3. The van der Waals surface area contributed by atoms with Crippen molar-refractivity contribution >= 4 is 11.9 Å². The maximum Gasteiger partial charge on any atom is 0.308 e. The summed E-state index contributed by atoms with van der Waals surface area (Å²) < 4.78 is 5.21. The van der Waals surface area contributed by atoms with E-state index < -0.39 is 11.9 Å². The van der Waals surface area contributed by atoms with Crippen molar-refractivity contribution in [1.82, 2.24) is 4.90 Å². The van der Waals surface area contributed by atoms with E-state index in [-0.39, 0.29) is 11.8 Å². The minimum absolute atomic E-state index is 0.0290. The lowest BCUT2D eigenvalue weighted by Crippen LogP contribution is -2.42. The van der Waals surface area contributed by atoms with Crippen LogP contribution >= 0.6 is 0 Å². The van der Waals surface area contributed by atoms with Gasteiger partial charge in [-0.15, -0.1) is 0 Å². The van der Waals surface area contributed by atoms with E-state index in [1.807, 2.05) is 31.2 Å². The fraction of sp³-hybridized carbons (Fsp3) is 0.529. The molecule has 2 rings (SSSR count). The van der Waals surface area contributed by atoms with Crippen molar-refractivity contribution in [2.24, 2.45) is 5.92 Å². The molecule has 0 spiro atoms. The average Bonchev–Trinajstić information content (AvgIpc) is 2.54. The second-order valence-electron chi connectivity index (χ2n) is 5.90. The molecular formula is C17H23NO4. The summed E-state index contributed by atoms with van der Waals surface area (Å²) in [5.41, 5.74) is 1.06. The van der Waals surface area contributed by atoms with E-state index in [9.17, 15) is 9.59 Å². The van der Waals surface area contributed by atoms with Crippen molar-refractivity contribution in [3.8, 4) is 5.75 Å². The number of benzene rings is 1. The predicted molar refractivity (Wildman–Crippen MR) is 83.0 cm³/mol. The summed E-state index contributed by atoms with van der Waals surface area (Å²) in [7, 11) is 1.62. The Morgan fingerprint density at radius 3 is 2.91 bits per heavy atom. The summed E-state index contributed by atoms with van der Waals surface area (Å²) in [5, 5.41) is 9.10. The van der Waals surface area contributed by atoms with E-state index in [2.05, 4.69) is 0 Å². The van der Waals surface area contributed by atoms with Crippen LogP contribution in [0.4, 0.5) is 0 Å². The van der Waals surface area contributed by atoms with Crippen LogP contribution in [0.5, 0.6) is 5.75 Å². The van der Waals surface area contributed by atoms with Crippen LogP contribution in [0.1, 0.15) is 37.7 Å². The van der Waals surface area contributed by atoms with Crippen molar-refractivity contribution in [3.05, 3.63) is 29.8 Å². The van der Waals surface area contributed by atoms with Crippen molar-refractivity contribution in [1.29, 1.82) is 0 Å². The number of likely N-dealkylation sites (tertiary alicyclic amines) is 1. The largest absolute Gasteiger partial charge is 0.497 e. The molecule has 0 saturated carbocycles. The van der Waals surface area contributed by atoms with E-state index in [1.165, 1.54) is 0 Å². The first kappa shape index (κ1) is 16.3. The third-order valence-electron chi connectivity index (χ3n) is 4.27. The van der Waals surface area contributed by atoms with E-state index in [0.29, 0.717) is 25.9 Å². The number of amides is 1. The van der Waals surface area contributed by atoms with Crippen LogP contribution < -0.4 is 4.74 Å². The minimum atomic E-state index is -0.807. The van der Waals surface area contributed by atoms with Gasteiger partial charge in [0.05, 0.1) is 13.0 Å². The smallest absolute Gasteiger partial charge is 0.308 e. The molecule has 0 aliphatic carbocycles. The maximum absolute atomic E-state index is 12.4. The number of carboxylic acid groups (broad SMARTS) is 1. The first-order valence-electron chi connectivity index (χ1n) is 7.65. The molecule has 0 aromatic heterocycles. The summed E-state index contributed by atoms with van der Waals surface area (Å²) in [6.45, 7) is 3.00. The van der Waals surface area contributed by atoms with Crippen LogP contribution in [0.25, 0.3) is 0 Å². The lowest BCUT2D eigenvalue weighted by atomic mass is 9.94. The number of aliphatic carboxylic acids is 1. The van der Waals surface area contributed by atoms with Crippen molar-refractivity contribution in [3.63, 3.8) is 0 Å². The molecule has 1 aliphatic rings. The third-order valence-corrected chi connectivity index (χ3v) is 4.27. The standard InChI is InChI=1S/C17H23NO4/c1-12(13-5-3-7-15(10-13)22-2)9-16(19)18-8-4-6-14(11-18)17(20)21/h3,5,7,10,12,14H,4,6,8-9,11H2,1-2H3,(H,20,21)/t12-,14-/m0/s1. The van der Waals surface area contributed by atoms with Gasteiger partial charge in [-0.1, -0.05) is 19.1 Å². The Labute approximate surface area is 130 Å². The van der Waals surface area contributed by atoms with Crippen LogP contribution in [-0.4, -0.2) is 42.1 Å². The fourth-order valence-corrected chi connectivity index (χ4v) is 2.86. The molecule has 120 valence electrons. The van der Waals surface area contributed by atoms with Gasteiger partial charge in [-0.2, -0.15) is 0 Å². The number of hydrogen-bond donors (Lipinski definition) is 1. The topological polar surface area (TPSA) is 66.8 Å². The summed E-state index contributed by atoms with van der Waals surface area (Å²) in [6.07, 6.45) is 1.81. The van der Waals surface area contributed by atoms with Gasteiger partial charge in [-0.25, -0.2) is 0 Å². The lowest BCUT2D eigenvalue weighted by molar-refractivity contribution is -0.145. The Morgan fingerprint density at radius 1 is 1.45 bits per heavy atom. The number of piperidine rings is 1. The molecule has 1 saturated heterocycles. The molecule has 5 heteroatoms. The molecule has 1 amide bonds. The van der Waals surface area contributed by atoms with Crippen LogP contribution in [-0.2, 0) is 9.59 Å². The molecule has 1 fully saturated rings. The maximum atomic E-state index is 12.4. The molecule has 5 nitrogen and oxygen atoms in total. The van der Waals surface area contributed by atoms with Crippen LogP contribution in [0.15, 0.2) is 24.3 Å². The summed E-state index contributed by atoms with van der Waals surface area (Å²) >= 11 is 0. The zero-order chi connectivity index (χ0) is 16.1. The van der Waals surface area contributed by atoms with Gasteiger partial charge < -0.3 is 14.7 Å². The Bertz CT molecular complexity index is 543. The normalized spacial score (nSPS) is 19.5. The van der Waals surface area contributed by atoms with Gasteiger partial charge in [0.1, 0.15) is 5.75 Å². The second-order valence-corrected chi connectivity index (χ2v) is 5.90. The Kier molecular flexibility index (Phi) is 5.41. The average molecular weight is 305 g/mol. The van der Waals surface area contributed by atoms with Gasteiger partial charge in [0, 0.05) is 19.5 Å². The van der Waals surface area contributed by atoms with Crippen molar-refractivity contribution < 1.29 is 19.4 Å². The second kappa shape index (κ2) is 7.29. The van der Waals surface area contributed by atoms with Gasteiger partial charge in [0.15, 0.2) is 0 Å². The molecular weight excluding hydrogens is 282 g/mol. The molecule has 0 unspecified atom stereocenters. The van der Waals surface area contributed by atoms with Crippen molar-refractivity contribution in [2.75, 3.05) is 20.2 Å². The number of carbonyl (C=O) groups excluding carboxylic acids is 1. The molecule has 0 radical (unpaired) electrons. The van der Waals surface area contributed by atoms with Crippen molar-refractivity contribution in [2.45, 2.75) is 32.1 Å². The van der Waals surface area contributed by atoms with Crippen LogP contribution in [0, 0.1) is 5.92 Å². The van der Waals surface area contributed by atoms with Gasteiger partial charge in [0.2, 0.25) is 5.91 Å². The number of carbonyl (C=O) groups is 2. The third kappa shape index (κ3) is 4.00. The fourth-order valence-electron chi connectivity index (χ4n) is 2.86. The van der Waals surface area contributed by atoms with Gasteiger partial charge in [0.25, 0.3) is 0 Å². The van der Waals surface area contributed by atoms with E-state index in [1.54, 1.807) is 12.0 Å². The summed E-state index contributed by atoms with van der Waals surface area (Å²) in [6, 6.07) is 7.71. The lowest BCUT2D eigenvalue weighted by Gasteiger charge is -2.31. The number of nitrogens with zero attached hydrogens (tertiary/aromatic N) is 1. The molecule has 1 aromatic rings. The molecule has 1 aliphatic heterocycles. The Balaban J connectivity index is 1.97. The van der Waals surface area contributed by atoms with E-state index in [4.69, 9.17) is 9.84 Å². The number of ether oxygens (including phenoxy) is 1. The predicted octanol–water partition coefficient (Wildman–Crippen LogP) is 2.51. The van der Waals surface area contributed by atoms with E-state index >= 15 is 0 Å². The summed E-state index contributed by atoms with van der Waals surface area (Å²) in [4.78, 5) is 25.2. The zero-order valence-corrected chi connectivity index (χ0v) is 13.1. The number of rotatable bonds is 5. The first-order chi connectivity index (χ1) is 10.5. The Hall–Kier alpha value is -2.04. The molecule has 2 atom stereocenters. The molecule has 1 N–H and O–H groups in total. The van der Waals surface area contributed by atoms with Gasteiger partial charge in [-0.05, 0) is 36.5 Å². The number of methoxy groups -OCH3 is 1. The molecule has 0 bridgehead atoms. The molecule has 22 heavy (non-hydrogen) atoms. The minimum Gasteiger partial charge on any atom is -0.497 e. The SMILES string of the molecule is COc1cccc([C@@H](C)CC(=O)N2CCC[C@H](C(=O)O)C2)c1. The zero-order valence-electron chi connectivity index (χ0n) is 13.1. The van der Waals surface area contributed by atoms with Crippen LogP contribution in [0.2, 0.25) is 0 Å². The summed E-state index contributed by atoms with van der Waals surface area (Å²) in [5.74, 6) is -0.349. The van der Waals surface area contributed by atoms with Crippen LogP contribution in [0.3, 0.4) is 0 Å². The highest BCUT2D eigenvalue weighted by atomic mass is 16.5. The highest BCUT2D eigenvalue weighted by Crippen LogP contribution is 2.25. The first-order valence-corrected chi connectivity index (χ1v) is 7.65. The highest BCUT2D eigenvalue weighted by Gasteiger charge is 2.28. The van der Waals surface area contributed by atoms with E-state index in [0.717, 1.165) is 17.7 Å².